The van der Waals surface area contributed by atoms with Crippen LogP contribution in [0.15, 0.2) is 24.3 Å². The fourth-order valence-electron chi connectivity index (χ4n) is 1.60. The molecule has 3 heteroatoms. The molecule has 0 saturated carbocycles. The fourth-order valence-corrected chi connectivity index (χ4v) is 1.60. The lowest BCUT2D eigenvalue weighted by molar-refractivity contribution is 0.131. The second kappa shape index (κ2) is 5.94. The molecule has 0 aliphatic carbocycles. The van der Waals surface area contributed by atoms with Gasteiger partial charge >= 0.3 is 0 Å². The highest BCUT2D eigenvalue weighted by molar-refractivity contribution is 5.85. The molecule has 0 aromatic heterocycles. The maximum Gasteiger partial charge on any atom is 0.120 e. The molecule has 2 nitrogen and oxygen atoms in total. The number of nitrogens with two attached hydrogens (primary N) is 1. The molecule has 0 bridgehead atoms. The molecule has 1 aromatic rings. The van der Waals surface area contributed by atoms with Crippen molar-refractivity contribution in [1.29, 1.82) is 0 Å². The molecule has 0 radical (unpaired) electrons. The minimum absolute atomic E-state index is 0. The van der Waals surface area contributed by atoms with Gasteiger partial charge in [0.2, 0.25) is 0 Å². The van der Waals surface area contributed by atoms with Crippen molar-refractivity contribution < 1.29 is 4.74 Å². The Morgan fingerprint density at radius 2 is 1.39 bits per heavy atom. The van der Waals surface area contributed by atoms with Crippen LogP contribution in [-0.4, -0.2) is 5.60 Å². The molecule has 0 spiro atoms. The second-order valence-corrected chi connectivity index (χ2v) is 6.63. The molecule has 0 aliphatic rings. The van der Waals surface area contributed by atoms with Crippen molar-refractivity contribution >= 4 is 12.4 Å². The summed E-state index contributed by atoms with van der Waals surface area (Å²) in [5, 5.41) is 0. The monoisotopic (exact) mass is 271 g/mol. The largest absolute Gasteiger partial charge is 0.488 e. The van der Waals surface area contributed by atoms with Gasteiger partial charge in [0.05, 0.1) is 0 Å². The predicted octanol–water partition coefficient (Wildman–Crippen LogP) is 4.33. The molecule has 1 atom stereocenters. The third kappa shape index (κ3) is 5.28. The molecule has 0 unspecified atom stereocenters. The van der Waals surface area contributed by atoms with Gasteiger partial charge in [-0.15, -0.1) is 12.4 Å². The molecule has 1 aromatic carbocycles. The summed E-state index contributed by atoms with van der Waals surface area (Å²) in [6, 6.07) is 8.14. The summed E-state index contributed by atoms with van der Waals surface area (Å²) in [4.78, 5) is 0. The van der Waals surface area contributed by atoms with Gasteiger partial charge in [0.25, 0.3) is 0 Å². The normalized spacial score (nSPS) is 13.7. The molecule has 0 aliphatic heterocycles. The van der Waals surface area contributed by atoms with Crippen molar-refractivity contribution in [3.8, 4) is 5.75 Å². The van der Waals surface area contributed by atoms with E-state index in [1.54, 1.807) is 0 Å². The van der Waals surface area contributed by atoms with E-state index in [4.69, 9.17) is 10.5 Å². The molecular weight excluding hydrogens is 246 g/mol. The SMILES string of the molecule is CC(C)(C)Oc1ccc([C@H](N)C(C)(C)C)cc1.Cl. The van der Waals surface area contributed by atoms with Crippen molar-refractivity contribution in [1.82, 2.24) is 0 Å². The Bertz CT molecular complexity index is 360. The van der Waals surface area contributed by atoms with Crippen LogP contribution >= 0.6 is 12.4 Å². The van der Waals surface area contributed by atoms with Crippen LogP contribution in [0.2, 0.25) is 0 Å². The van der Waals surface area contributed by atoms with E-state index in [0.29, 0.717) is 0 Å². The van der Waals surface area contributed by atoms with Gasteiger partial charge in [0.1, 0.15) is 11.4 Å². The fraction of sp³-hybridized carbons (Fsp3) is 0.600. The molecule has 0 fully saturated rings. The first kappa shape index (κ1) is 17.3. The molecular formula is C15H26ClNO. The van der Waals surface area contributed by atoms with Gasteiger partial charge in [0.15, 0.2) is 0 Å². The van der Waals surface area contributed by atoms with E-state index in [2.05, 4.69) is 32.9 Å². The highest BCUT2D eigenvalue weighted by atomic mass is 35.5. The zero-order chi connectivity index (χ0) is 13.3. The summed E-state index contributed by atoms with van der Waals surface area (Å²) in [7, 11) is 0. The Balaban J connectivity index is 0.00000289. The second-order valence-electron chi connectivity index (χ2n) is 6.63. The Hall–Kier alpha value is -0.730. The smallest absolute Gasteiger partial charge is 0.120 e. The first-order valence-electron chi connectivity index (χ1n) is 6.14. The van der Waals surface area contributed by atoms with Gasteiger partial charge in [-0.3, -0.25) is 0 Å². The Kier molecular flexibility index (Phi) is 5.70. The summed E-state index contributed by atoms with van der Waals surface area (Å²) in [5.41, 5.74) is 7.28. The van der Waals surface area contributed by atoms with Gasteiger partial charge in [-0.25, -0.2) is 0 Å². The number of benzene rings is 1. The lowest BCUT2D eigenvalue weighted by atomic mass is 9.83. The van der Waals surface area contributed by atoms with E-state index in [-0.39, 0.29) is 29.5 Å². The minimum Gasteiger partial charge on any atom is -0.488 e. The average molecular weight is 272 g/mol. The number of halogens is 1. The Labute approximate surface area is 117 Å². The third-order valence-corrected chi connectivity index (χ3v) is 2.60. The molecule has 0 saturated heterocycles. The lowest BCUT2D eigenvalue weighted by Crippen LogP contribution is -2.26. The van der Waals surface area contributed by atoms with Gasteiger partial charge < -0.3 is 10.5 Å². The van der Waals surface area contributed by atoms with E-state index in [1.807, 2.05) is 32.9 Å². The lowest BCUT2D eigenvalue weighted by Gasteiger charge is -2.28. The van der Waals surface area contributed by atoms with Crippen LogP contribution < -0.4 is 10.5 Å². The maximum absolute atomic E-state index is 6.21. The van der Waals surface area contributed by atoms with Gasteiger partial charge in [-0.05, 0) is 43.9 Å². The van der Waals surface area contributed by atoms with Crippen molar-refractivity contribution in [3.05, 3.63) is 29.8 Å². The van der Waals surface area contributed by atoms with E-state index < -0.39 is 0 Å². The number of ether oxygens (including phenoxy) is 1. The summed E-state index contributed by atoms with van der Waals surface area (Å²) in [6.07, 6.45) is 0. The van der Waals surface area contributed by atoms with E-state index in [9.17, 15) is 0 Å². The van der Waals surface area contributed by atoms with Crippen LogP contribution in [0, 0.1) is 5.41 Å². The summed E-state index contributed by atoms with van der Waals surface area (Å²) >= 11 is 0. The van der Waals surface area contributed by atoms with Crippen molar-refractivity contribution in [3.63, 3.8) is 0 Å². The van der Waals surface area contributed by atoms with E-state index in [0.717, 1.165) is 11.3 Å². The number of hydrogen-bond acceptors (Lipinski definition) is 2. The van der Waals surface area contributed by atoms with Crippen LogP contribution in [0.3, 0.4) is 0 Å². The quantitative estimate of drug-likeness (QED) is 0.869. The van der Waals surface area contributed by atoms with E-state index >= 15 is 0 Å². The van der Waals surface area contributed by atoms with Crippen LogP contribution in [0.4, 0.5) is 0 Å². The summed E-state index contributed by atoms with van der Waals surface area (Å²) in [6.45, 7) is 12.6. The predicted molar refractivity (Wildman–Crippen MR) is 80.5 cm³/mol. The summed E-state index contributed by atoms with van der Waals surface area (Å²) < 4.78 is 5.78. The third-order valence-electron chi connectivity index (χ3n) is 2.60. The Morgan fingerprint density at radius 3 is 1.72 bits per heavy atom. The van der Waals surface area contributed by atoms with Crippen LogP contribution in [0.5, 0.6) is 5.75 Å². The molecule has 1 rings (SSSR count). The maximum atomic E-state index is 6.21. The van der Waals surface area contributed by atoms with Crippen LogP contribution in [-0.2, 0) is 0 Å². The number of rotatable bonds is 2. The molecule has 0 amide bonds. The molecule has 2 N–H and O–H groups in total. The van der Waals surface area contributed by atoms with Crippen LogP contribution in [0.25, 0.3) is 0 Å². The summed E-state index contributed by atoms with van der Waals surface area (Å²) in [5.74, 6) is 0.891. The zero-order valence-corrected chi connectivity index (χ0v) is 13.1. The molecule has 0 heterocycles. The van der Waals surface area contributed by atoms with E-state index in [1.165, 1.54) is 0 Å². The van der Waals surface area contributed by atoms with Crippen molar-refractivity contribution in [2.24, 2.45) is 11.1 Å². The zero-order valence-electron chi connectivity index (χ0n) is 12.3. The first-order valence-corrected chi connectivity index (χ1v) is 6.14. The van der Waals surface area contributed by atoms with Crippen molar-refractivity contribution in [2.75, 3.05) is 0 Å². The highest BCUT2D eigenvalue weighted by Gasteiger charge is 2.22. The molecule has 18 heavy (non-hydrogen) atoms. The minimum atomic E-state index is -0.159. The Morgan fingerprint density at radius 1 is 0.944 bits per heavy atom. The van der Waals surface area contributed by atoms with Crippen molar-refractivity contribution in [2.45, 2.75) is 53.2 Å². The molecule has 104 valence electrons. The standard InChI is InChI=1S/C15H25NO.ClH/c1-14(2,3)13(16)11-7-9-12(10-8-11)17-15(4,5)6;/h7-10,13H,16H2,1-6H3;1H/t13-;/m0./s1. The highest BCUT2D eigenvalue weighted by Crippen LogP contribution is 2.31. The van der Waals surface area contributed by atoms with Crippen LogP contribution in [0.1, 0.15) is 53.1 Å². The number of hydrogen-bond donors (Lipinski definition) is 1. The topological polar surface area (TPSA) is 35.2 Å². The first-order chi connectivity index (χ1) is 7.59. The van der Waals surface area contributed by atoms with Gasteiger partial charge in [-0.2, -0.15) is 0 Å². The van der Waals surface area contributed by atoms with Gasteiger partial charge in [0, 0.05) is 6.04 Å². The van der Waals surface area contributed by atoms with Gasteiger partial charge in [-0.1, -0.05) is 32.9 Å². The average Bonchev–Trinajstić information content (AvgIpc) is 2.14.